The molecule has 1 nitrogen and oxygen atoms in total. The molecule has 0 aliphatic heterocycles. The van der Waals surface area contributed by atoms with Crippen LogP contribution in [-0.4, -0.2) is 0 Å². The predicted molar refractivity (Wildman–Crippen MR) is 74.1 cm³/mol. The van der Waals surface area contributed by atoms with Gasteiger partial charge in [0.25, 0.3) is 0 Å². The van der Waals surface area contributed by atoms with Gasteiger partial charge in [0.15, 0.2) is 0 Å². The van der Waals surface area contributed by atoms with Crippen molar-refractivity contribution in [2.75, 3.05) is 0 Å². The molecular weight excluding hydrogens is 318 g/mol. The Kier molecular flexibility index (Phi) is 5.26. The molecule has 0 aliphatic carbocycles. The summed E-state index contributed by atoms with van der Waals surface area (Å²) in [5, 5.41) is 1.86. The van der Waals surface area contributed by atoms with Crippen molar-refractivity contribution in [2.24, 2.45) is 5.73 Å². The molecule has 0 aliphatic rings. The molecule has 0 unspecified atom stereocenters. The topological polar surface area (TPSA) is 26.0 Å². The average Bonchev–Trinajstić information content (AvgIpc) is 2.79. The molecule has 1 aromatic heterocycles. The summed E-state index contributed by atoms with van der Waals surface area (Å²) in [6, 6.07) is 6.38. The highest BCUT2D eigenvalue weighted by molar-refractivity contribution is 7.10. The summed E-state index contributed by atoms with van der Waals surface area (Å²) in [6.45, 7) is 0. The zero-order valence-corrected chi connectivity index (χ0v) is 11.8. The van der Waals surface area contributed by atoms with Gasteiger partial charge in [-0.1, -0.05) is 17.7 Å². The minimum absolute atomic E-state index is 0. The van der Waals surface area contributed by atoms with E-state index in [1.54, 1.807) is 12.1 Å². The summed E-state index contributed by atoms with van der Waals surface area (Å²) < 4.78 is 38.0. The summed E-state index contributed by atoms with van der Waals surface area (Å²) in [5.74, 6) is 0. The van der Waals surface area contributed by atoms with Crippen LogP contribution in [0, 0.1) is 0 Å². The van der Waals surface area contributed by atoms with Gasteiger partial charge >= 0.3 is 6.18 Å². The first-order valence-corrected chi connectivity index (χ1v) is 6.30. The van der Waals surface area contributed by atoms with Gasteiger partial charge in [-0.2, -0.15) is 13.2 Å². The monoisotopic (exact) mass is 327 g/mol. The van der Waals surface area contributed by atoms with Gasteiger partial charge in [-0.15, -0.1) is 23.7 Å². The van der Waals surface area contributed by atoms with E-state index in [1.807, 2.05) is 5.38 Å². The van der Waals surface area contributed by atoms with E-state index in [2.05, 4.69) is 0 Å². The van der Waals surface area contributed by atoms with Crippen LogP contribution in [0.15, 0.2) is 35.7 Å². The van der Waals surface area contributed by atoms with Crippen molar-refractivity contribution >= 4 is 35.3 Å². The Balaban J connectivity index is 0.00000180. The summed E-state index contributed by atoms with van der Waals surface area (Å²) >= 11 is 7.11. The van der Waals surface area contributed by atoms with Gasteiger partial charge in [0.05, 0.1) is 11.6 Å². The van der Waals surface area contributed by atoms with E-state index in [4.69, 9.17) is 17.3 Å². The molecule has 1 heterocycles. The second-order valence-electron chi connectivity index (χ2n) is 3.76. The maximum Gasteiger partial charge on any atom is 0.416 e. The van der Waals surface area contributed by atoms with Crippen LogP contribution in [0.25, 0.3) is 0 Å². The quantitative estimate of drug-likeness (QED) is 0.834. The molecule has 0 radical (unpaired) electrons. The van der Waals surface area contributed by atoms with E-state index < -0.39 is 17.8 Å². The molecule has 0 spiro atoms. The molecule has 1 aromatic carbocycles. The number of halogens is 5. The van der Waals surface area contributed by atoms with Gasteiger partial charge in [0, 0.05) is 9.90 Å². The Morgan fingerprint density at radius 2 is 1.89 bits per heavy atom. The van der Waals surface area contributed by atoms with Crippen LogP contribution in [0.5, 0.6) is 0 Å². The Morgan fingerprint density at radius 1 is 1.21 bits per heavy atom. The molecule has 0 amide bonds. The maximum absolute atomic E-state index is 12.7. The van der Waals surface area contributed by atoms with Crippen molar-refractivity contribution < 1.29 is 13.2 Å². The smallest absolute Gasteiger partial charge is 0.320 e. The zero-order valence-electron chi connectivity index (χ0n) is 9.45. The number of alkyl halides is 3. The molecule has 7 heteroatoms. The third-order valence-corrected chi connectivity index (χ3v) is 3.63. The summed E-state index contributed by atoms with van der Waals surface area (Å²) in [4.78, 5) is 0.797. The number of hydrogen-bond donors (Lipinski definition) is 1. The Bertz CT molecular complexity index is 540. The number of rotatable bonds is 2. The summed E-state index contributed by atoms with van der Waals surface area (Å²) in [7, 11) is 0. The SMILES string of the molecule is Cl.N[C@@H](c1cc(Cl)cc(C(F)(F)F)c1)c1cccs1. The second kappa shape index (κ2) is 6.13. The zero-order chi connectivity index (χ0) is 13.3. The summed E-state index contributed by atoms with van der Waals surface area (Å²) in [6.07, 6.45) is -4.42. The molecule has 104 valence electrons. The molecule has 2 rings (SSSR count). The molecule has 2 aromatic rings. The maximum atomic E-state index is 12.7. The predicted octanol–water partition coefficient (Wildman–Crippen LogP) is 4.89. The van der Waals surface area contributed by atoms with Gasteiger partial charge in [-0.25, -0.2) is 0 Å². The normalized spacial score (nSPS) is 12.9. The molecule has 0 saturated carbocycles. The Labute approximate surface area is 123 Å². The van der Waals surface area contributed by atoms with Gasteiger partial charge in [0.2, 0.25) is 0 Å². The molecule has 0 fully saturated rings. The minimum Gasteiger partial charge on any atom is -0.320 e. The highest BCUT2D eigenvalue weighted by atomic mass is 35.5. The highest BCUT2D eigenvalue weighted by Gasteiger charge is 2.31. The lowest BCUT2D eigenvalue weighted by atomic mass is 10.0. The lowest BCUT2D eigenvalue weighted by Gasteiger charge is -2.14. The lowest BCUT2D eigenvalue weighted by Crippen LogP contribution is -2.12. The first-order chi connectivity index (χ1) is 8.38. The van der Waals surface area contributed by atoms with Crippen LogP contribution in [0.3, 0.4) is 0 Å². The largest absolute Gasteiger partial charge is 0.416 e. The van der Waals surface area contributed by atoms with Gasteiger partial charge in [-0.3, -0.25) is 0 Å². The van der Waals surface area contributed by atoms with E-state index >= 15 is 0 Å². The first kappa shape index (κ1) is 16.3. The average molecular weight is 328 g/mol. The fraction of sp³-hybridized carbons (Fsp3) is 0.167. The van der Waals surface area contributed by atoms with Gasteiger partial charge in [-0.05, 0) is 35.2 Å². The molecule has 0 bridgehead atoms. The molecule has 19 heavy (non-hydrogen) atoms. The van der Waals surface area contributed by atoms with E-state index in [0.717, 1.165) is 17.0 Å². The van der Waals surface area contributed by atoms with Crippen LogP contribution in [-0.2, 0) is 6.18 Å². The van der Waals surface area contributed by atoms with E-state index in [-0.39, 0.29) is 17.4 Å². The Morgan fingerprint density at radius 3 is 2.42 bits per heavy atom. The molecule has 1 atom stereocenters. The fourth-order valence-corrected chi connectivity index (χ4v) is 2.59. The number of nitrogens with two attached hydrogens (primary N) is 1. The van der Waals surface area contributed by atoms with Crippen LogP contribution < -0.4 is 5.73 Å². The van der Waals surface area contributed by atoms with Crippen molar-refractivity contribution in [1.82, 2.24) is 0 Å². The third kappa shape index (κ3) is 3.86. The standard InChI is InChI=1S/C12H9ClF3NS.ClH/c13-9-5-7(4-8(6-9)12(14,15)16)11(17)10-2-1-3-18-10;/h1-6,11H,17H2;1H/t11-;/m0./s1. The molecular formula is C12H10Cl2F3NS. The van der Waals surface area contributed by atoms with E-state index in [9.17, 15) is 13.2 Å². The van der Waals surface area contributed by atoms with Gasteiger partial charge < -0.3 is 5.73 Å². The number of benzene rings is 1. The van der Waals surface area contributed by atoms with Crippen molar-refractivity contribution in [1.29, 1.82) is 0 Å². The molecule has 0 saturated heterocycles. The van der Waals surface area contributed by atoms with Crippen LogP contribution in [0.2, 0.25) is 5.02 Å². The number of thiophene rings is 1. The van der Waals surface area contributed by atoms with Crippen LogP contribution in [0.1, 0.15) is 22.0 Å². The van der Waals surface area contributed by atoms with Gasteiger partial charge in [0.1, 0.15) is 0 Å². The van der Waals surface area contributed by atoms with Crippen LogP contribution in [0.4, 0.5) is 13.2 Å². The van der Waals surface area contributed by atoms with Crippen molar-refractivity contribution in [2.45, 2.75) is 12.2 Å². The highest BCUT2D eigenvalue weighted by Crippen LogP contribution is 2.34. The van der Waals surface area contributed by atoms with E-state index in [1.165, 1.54) is 17.4 Å². The van der Waals surface area contributed by atoms with Crippen molar-refractivity contribution in [3.63, 3.8) is 0 Å². The number of hydrogen-bond acceptors (Lipinski definition) is 2. The first-order valence-electron chi connectivity index (χ1n) is 5.04. The summed E-state index contributed by atoms with van der Waals surface area (Å²) in [5.41, 5.74) is 5.50. The van der Waals surface area contributed by atoms with Crippen molar-refractivity contribution in [3.8, 4) is 0 Å². The molecule has 2 N–H and O–H groups in total. The lowest BCUT2D eigenvalue weighted by molar-refractivity contribution is -0.137. The van der Waals surface area contributed by atoms with Crippen LogP contribution >= 0.6 is 35.3 Å². The second-order valence-corrected chi connectivity index (χ2v) is 5.18. The fourth-order valence-electron chi connectivity index (χ4n) is 1.59. The Hall–Kier alpha value is -0.750. The van der Waals surface area contributed by atoms with Crippen molar-refractivity contribution in [3.05, 3.63) is 56.7 Å². The van der Waals surface area contributed by atoms with E-state index in [0.29, 0.717) is 5.56 Å². The minimum atomic E-state index is -4.42. The third-order valence-electron chi connectivity index (χ3n) is 2.46.